The Morgan fingerprint density at radius 3 is 2.58 bits per heavy atom. The third-order valence-corrected chi connectivity index (χ3v) is 4.25. The summed E-state index contributed by atoms with van der Waals surface area (Å²) in [7, 11) is 0. The molecule has 0 fully saturated rings. The third kappa shape index (κ3) is 3.73. The smallest absolute Gasteiger partial charge is 0.0841 e. The highest BCUT2D eigenvalue weighted by atomic mass is 79.9. The van der Waals surface area contributed by atoms with Crippen molar-refractivity contribution in [3.63, 3.8) is 0 Å². The standard InChI is InChI=1S/C15H13BrCl2O/c1-9-2-5-13(16)12(6-9)15(19)7-10-3-4-11(17)8-14(10)18/h2-6,8,15,19H,7H2,1H3. The molecule has 0 heterocycles. The van der Waals surface area contributed by atoms with E-state index < -0.39 is 6.10 Å². The van der Waals surface area contributed by atoms with Crippen LogP contribution in [0.5, 0.6) is 0 Å². The maximum atomic E-state index is 10.4. The molecule has 2 rings (SSSR count). The van der Waals surface area contributed by atoms with Crippen LogP contribution in [0.4, 0.5) is 0 Å². The molecule has 0 amide bonds. The molecule has 0 saturated heterocycles. The van der Waals surface area contributed by atoms with Gasteiger partial charge in [0.2, 0.25) is 0 Å². The fourth-order valence-electron chi connectivity index (χ4n) is 1.92. The van der Waals surface area contributed by atoms with E-state index in [0.717, 1.165) is 21.2 Å². The van der Waals surface area contributed by atoms with Crippen molar-refractivity contribution in [3.05, 3.63) is 67.6 Å². The van der Waals surface area contributed by atoms with E-state index in [4.69, 9.17) is 23.2 Å². The lowest BCUT2D eigenvalue weighted by molar-refractivity contribution is 0.177. The predicted molar refractivity (Wildman–Crippen MR) is 84.0 cm³/mol. The molecule has 1 unspecified atom stereocenters. The number of halogens is 3. The lowest BCUT2D eigenvalue weighted by Gasteiger charge is -2.15. The summed E-state index contributed by atoms with van der Waals surface area (Å²) in [6.45, 7) is 2.00. The van der Waals surface area contributed by atoms with E-state index in [2.05, 4.69) is 15.9 Å². The van der Waals surface area contributed by atoms with Crippen molar-refractivity contribution >= 4 is 39.1 Å². The molecule has 0 bridgehead atoms. The summed E-state index contributed by atoms with van der Waals surface area (Å²) in [5.41, 5.74) is 2.86. The van der Waals surface area contributed by atoms with Crippen LogP contribution in [0.3, 0.4) is 0 Å². The van der Waals surface area contributed by atoms with Gasteiger partial charge in [-0.1, -0.05) is 62.9 Å². The molecule has 0 saturated carbocycles. The van der Waals surface area contributed by atoms with Crippen LogP contribution in [0.25, 0.3) is 0 Å². The quantitative estimate of drug-likeness (QED) is 0.784. The highest BCUT2D eigenvalue weighted by Crippen LogP contribution is 2.30. The number of aliphatic hydroxyl groups excluding tert-OH is 1. The van der Waals surface area contributed by atoms with Gasteiger partial charge in [-0.2, -0.15) is 0 Å². The number of aliphatic hydroxyl groups is 1. The molecule has 2 aromatic rings. The van der Waals surface area contributed by atoms with E-state index in [0.29, 0.717) is 16.5 Å². The Morgan fingerprint density at radius 2 is 1.89 bits per heavy atom. The molecule has 0 aliphatic heterocycles. The number of aryl methyl sites for hydroxylation is 1. The maximum absolute atomic E-state index is 10.4. The van der Waals surface area contributed by atoms with Gasteiger partial charge in [0.25, 0.3) is 0 Å². The predicted octanol–water partition coefficient (Wildman–Crippen LogP) is 5.34. The van der Waals surface area contributed by atoms with Crippen molar-refractivity contribution in [1.29, 1.82) is 0 Å². The highest BCUT2D eigenvalue weighted by Gasteiger charge is 2.14. The largest absolute Gasteiger partial charge is 0.388 e. The summed E-state index contributed by atoms with van der Waals surface area (Å²) in [5, 5.41) is 11.5. The van der Waals surface area contributed by atoms with Gasteiger partial charge < -0.3 is 5.11 Å². The van der Waals surface area contributed by atoms with Crippen molar-refractivity contribution in [1.82, 2.24) is 0 Å². The Labute approximate surface area is 131 Å². The molecular weight excluding hydrogens is 347 g/mol. The van der Waals surface area contributed by atoms with Crippen molar-refractivity contribution in [2.24, 2.45) is 0 Å². The van der Waals surface area contributed by atoms with Gasteiger partial charge in [-0.15, -0.1) is 0 Å². The Hall–Kier alpha value is -0.540. The zero-order valence-electron chi connectivity index (χ0n) is 10.3. The molecule has 0 aromatic heterocycles. The van der Waals surface area contributed by atoms with Gasteiger partial charge in [0.15, 0.2) is 0 Å². The topological polar surface area (TPSA) is 20.2 Å². The maximum Gasteiger partial charge on any atom is 0.0841 e. The lowest BCUT2D eigenvalue weighted by Crippen LogP contribution is -2.03. The van der Waals surface area contributed by atoms with Crippen LogP contribution in [0, 0.1) is 6.92 Å². The van der Waals surface area contributed by atoms with Crippen LogP contribution in [0.1, 0.15) is 22.8 Å². The minimum absolute atomic E-state index is 0.456. The first kappa shape index (κ1) is 14.9. The second-order valence-corrected chi connectivity index (χ2v) is 6.18. The fourth-order valence-corrected chi connectivity index (χ4v) is 2.92. The first-order valence-corrected chi connectivity index (χ1v) is 7.40. The van der Waals surface area contributed by atoms with E-state index in [1.54, 1.807) is 12.1 Å². The summed E-state index contributed by atoms with van der Waals surface area (Å²) >= 11 is 15.4. The summed E-state index contributed by atoms with van der Waals surface area (Å²) in [6.07, 6.45) is -0.147. The average Bonchev–Trinajstić information content (AvgIpc) is 2.35. The normalized spacial score (nSPS) is 12.5. The van der Waals surface area contributed by atoms with Gasteiger partial charge >= 0.3 is 0 Å². The molecule has 100 valence electrons. The molecule has 4 heteroatoms. The second-order valence-electron chi connectivity index (χ2n) is 4.48. The van der Waals surface area contributed by atoms with Gasteiger partial charge in [-0.3, -0.25) is 0 Å². The van der Waals surface area contributed by atoms with Crippen molar-refractivity contribution < 1.29 is 5.11 Å². The minimum Gasteiger partial charge on any atom is -0.388 e. The van der Waals surface area contributed by atoms with Gasteiger partial charge in [-0.05, 0) is 36.2 Å². The van der Waals surface area contributed by atoms with Crippen LogP contribution in [-0.2, 0) is 6.42 Å². The SMILES string of the molecule is Cc1ccc(Br)c(C(O)Cc2ccc(Cl)cc2Cl)c1. The molecule has 0 aliphatic carbocycles. The van der Waals surface area contributed by atoms with E-state index in [1.165, 1.54) is 0 Å². The van der Waals surface area contributed by atoms with Crippen LogP contribution in [0.2, 0.25) is 10.0 Å². The number of benzene rings is 2. The summed E-state index contributed by atoms with van der Waals surface area (Å²) in [5.74, 6) is 0. The van der Waals surface area contributed by atoms with Gasteiger partial charge in [0.05, 0.1) is 6.10 Å². The summed E-state index contributed by atoms with van der Waals surface area (Å²) in [6, 6.07) is 11.2. The van der Waals surface area contributed by atoms with Gasteiger partial charge in [0.1, 0.15) is 0 Å². The molecule has 0 aliphatic rings. The summed E-state index contributed by atoms with van der Waals surface area (Å²) < 4.78 is 0.899. The Kier molecular flexibility index (Phi) is 4.91. The Balaban J connectivity index is 2.25. The molecule has 0 spiro atoms. The fraction of sp³-hybridized carbons (Fsp3) is 0.200. The van der Waals surface area contributed by atoms with Crippen molar-refractivity contribution in [2.75, 3.05) is 0 Å². The number of hydrogen-bond donors (Lipinski definition) is 1. The monoisotopic (exact) mass is 358 g/mol. The lowest BCUT2D eigenvalue weighted by atomic mass is 10.00. The van der Waals surface area contributed by atoms with Crippen molar-refractivity contribution in [2.45, 2.75) is 19.4 Å². The van der Waals surface area contributed by atoms with Crippen LogP contribution in [-0.4, -0.2) is 5.11 Å². The van der Waals surface area contributed by atoms with Crippen LogP contribution < -0.4 is 0 Å². The number of hydrogen-bond acceptors (Lipinski definition) is 1. The van der Waals surface area contributed by atoms with Crippen molar-refractivity contribution in [3.8, 4) is 0 Å². The van der Waals surface area contributed by atoms with Crippen LogP contribution >= 0.6 is 39.1 Å². The Bertz CT molecular complexity index is 599. The third-order valence-electron chi connectivity index (χ3n) is 2.94. The zero-order chi connectivity index (χ0) is 14.0. The molecule has 1 N–H and O–H groups in total. The second kappa shape index (κ2) is 6.27. The molecule has 2 aromatic carbocycles. The van der Waals surface area contributed by atoms with E-state index in [1.807, 2.05) is 31.2 Å². The van der Waals surface area contributed by atoms with Gasteiger partial charge in [-0.25, -0.2) is 0 Å². The molecule has 0 radical (unpaired) electrons. The summed E-state index contributed by atoms with van der Waals surface area (Å²) in [4.78, 5) is 0. The molecular formula is C15H13BrCl2O. The van der Waals surface area contributed by atoms with E-state index >= 15 is 0 Å². The van der Waals surface area contributed by atoms with Gasteiger partial charge in [0, 0.05) is 20.9 Å². The first-order valence-electron chi connectivity index (χ1n) is 5.85. The highest BCUT2D eigenvalue weighted by molar-refractivity contribution is 9.10. The molecule has 19 heavy (non-hydrogen) atoms. The van der Waals surface area contributed by atoms with E-state index in [-0.39, 0.29) is 0 Å². The molecule has 1 atom stereocenters. The average molecular weight is 360 g/mol. The zero-order valence-corrected chi connectivity index (χ0v) is 13.4. The minimum atomic E-state index is -0.604. The Morgan fingerprint density at radius 1 is 1.16 bits per heavy atom. The van der Waals surface area contributed by atoms with Crippen LogP contribution in [0.15, 0.2) is 40.9 Å². The first-order chi connectivity index (χ1) is 8.97. The number of rotatable bonds is 3. The van der Waals surface area contributed by atoms with E-state index in [9.17, 15) is 5.11 Å². The molecule has 1 nitrogen and oxygen atoms in total.